The van der Waals surface area contributed by atoms with Crippen molar-refractivity contribution in [2.45, 2.75) is 31.3 Å². The number of rotatable bonds is 6. The van der Waals surface area contributed by atoms with Gasteiger partial charge >= 0.3 is 0 Å². The molecule has 1 aliphatic heterocycles. The Kier molecular flexibility index (Phi) is 6.50. The number of benzene rings is 3. The van der Waals surface area contributed by atoms with Gasteiger partial charge in [-0.15, -0.1) is 0 Å². The minimum absolute atomic E-state index is 0.174. The van der Waals surface area contributed by atoms with Crippen LogP contribution in [0.15, 0.2) is 72.8 Å². The van der Waals surface area contributed by atoms with Crippen molar-refractivity contribution in [3.05, 3.63) is 83.9 Å². The first-order chi connectivity index (χ1) is 15.5. The molecule has 32 heavy (non-hydrogen) atoms. The third-order valence-electron chi connectivity index (χ3n) is 5.96. The van der Waals surface area contributed by atoms with E-state index in [1.54, 1.807) is 13.1 Å². The second kappa shape index (κ2) is 9.64. The van der Waals surface area contributed by atoms with Crippen molar-refractivity contribution in [1.29, 1.82) is 0 Å². The van der Waals surface area contributed by atoms with E-state index in [1.165, 1.54) is 4.90 Å². The van der Waals surface area contributed by atoms with Gasteiger partial charge < -0.3 is 15.5 Å². The Morgan fingerprint density at radius 2 is 1.75 bits per heavy atom. The third kappa shape index (κ3) is 4.80. The number of nitrogens with zero attached hydrogens (tertiary/aromatic N) is 1. The lowest BCUT2D eigenvalue weighted by atomic mass is 10.0. The lowest BCUT2D eigenvalue weighted by molar-refractivity contribution is -0.132. The van der Waals surface area contributed by atoms with Crippen LogP contribution in [-0.2, 0) is 16.0 Å². The second-order valence-electron chi connectivity index (χ2n) is 8.18. The van der Waals surface area contributed by atoms with Crippen molar-refractivity contribution in [1.82, 2.24) is 15.5 Å². The first-order valence-corrected chi connectivity index (χ1v) is 10.9. The van der Waals surface area contributed by atoms with Gasteiger partial charge in [0.25, 0.3) is 5.91 Å². The molecule has 1 saturated heterocycles. The van der Waals surface area contributed by atoms with Gasteiger partial charge in [-0.25, -0.2) is 0 Å². The Hall–Kier alpha value is -3.67. The van der Waals surface area contributed by atoms with Crippen LogP contribution in [-0.4, -0.2) is 48.3 Å². The summed E-state index contributed by atoms with van der Waals surface area (Å²) < 4.78 is 0. The third-order valence-corrected chi connectivity index (χ3v) is 5.96. The van der Waals surface area contributed by atoms with Crippen LogP contribution in [0.25, 0.3) is 10.8 Å². The van der Waals surface area contributed by atoms with Crippen LogP contribution in [0, 0.1) is 0 Å². The van der Waals surface area contributed by atoms with Gasteiger partial charge in [-0.05, 0) is 41.3 Å². The van der Waals surface area contributed by atoms with Crippen LogP contribution in [0.5, 0.6) is 0 Å². The van der Waals surface area contributed by atoms with Crippen LogP contribution in [0.3, 0.4) is 0 Å². The van der Waals surface area contributed by atoms with Crippen molar-refractivity contribution in [2.24, 2.45) is 0 Å². The van der Waals surface area contributed by atoms with Gasteiger partial charge in [0.15, 0.2) is 0 Å². The average Bonchev–Trinajstić information content (AvgIpc) is 2.83. The van der Waals surface area contributed by atoms with Gasteiger partial charge in [-0.2, -0.15) is 0 Å². The molecule has 1 fully saturated rings. The lowest BCUT2D eigenvalue weighted by Gasteiger charge is -2.30. The highest BCUT2D eigenvalue weighted by molar-refractivity contribution is 6.01. The minimum Gasteiger partial charge on any atom is -0.354 e. The van der Waals surface area contributed by atoms with E-state index in [1.807, 2.05) is 66.7 Å². The molecule has 0 radical (unpaired) electrons. The molecule has 0 spiro atoms. The molecule has 164 valence electrons. The van der Waals surface area contributed by atoms with Crippen molar-refractivity contribution in [3.8, 4) is 0 Å². The van der Waals surface area contributed by atoms with Crippen molar-refractivity contribution in [2.75, 3.05) is 13.6 Å². The molecule has 0 bridgehead atoms. The molecule has 0 aliphatic carbocycles. The molecule has 1 aliphatic rings. The summed E-state index contributed by atoms with van der Waals surface area (Å²) in [5.74, 6) is -0.737. The summed E-state index contributed by atoms with van der Waals surface area (Å²) in [5, 5.41) is 7.66. The molecule has 3 aromatic rings. The molecule has 2 N–H and O–H groups in total. The van der Waals surface area contributed by atoms with E-state index >= 15 is 0 Å². The topological polar surface area (TPSA) is 78.5 Å². The quantitative estimate of drug-likeness (QED) is 0.632. The second-order valence-corrected chi connectivity index (χ2v) is 8.18. The number of carbonyl (C=O) groups is 3. The summed E-state index contributed by atoms with van der Waals surface area (Å²) in [7, 11) is 1.64. The lowest BCUT2D eigenvalue weighted by Crippen LogP contribution is -2.56. The molecule has 3 amide bonds. The van der Waals surface area contributed by atoms with E-state index in [4.69, 9.17) is 0 Å². The molecule has 3 aromatic carbocycles. The molecule has 4 rings (SSSR count). The Labute approximate surface area is 187 Å². The van der Waals surface area contributed by atoms with Gasteiger partial charge in [-0.3, -0.25) is 14.4 Å². The summed E-state index contributed by atoms with van der Waals surface area (Å²) in [6.07, 6.45) is 1.76. The summed E-state index contributed by atoms with van der Waals surface area (Å²) in [6, 6.07) is 21.7. The largest absolute Gasteiger partial charge is 0.354 e. The monoisotopic (exact) mass is 429 g/mol. The highest BCUT2D eigenvalue weighted by Gasteiger charge is 2.32. The Morgan fingerprint density at radius 3 is 2.50 bits per heavy atom. The number of hydrogen-bond acceptors (Lipinski definition) is 3. The van der Waals surface area contributed by atoms with E-state index in [-0.39, 0.29) is 17.7 Å². The van der Waals surface area contributed by atoms with E-state index in [0.29, 0.717) is 24.9 Å². The fraction of sp³-hybridized carbons (Fsp3) is 0.269. The summed E-state index contributed by atoms with van der Waals surface area (Å²) >= 11 is 0. The first-order valence-electron chi connectivity index (χ1n) is 10.9. The molecule has 6 heteroatoms. The maximum absolute atomic E-state index is 13.3. The highest BCUT2D eigenvalue weighted by Crippen LogP contribution is 2.19. The van der Waals surface area contributed by atoms with Gasteiger partial charge in [0, 0.05) is 25.6 Å². The number of hydrogen-bond donors (Lipinski definition) is 2. The molecular formula is C26H27N3O3. The van der Waals surface area contributed by atoms with Crippen LogP contribution in [0.1, 0.15) is 28.8 Å². The van der Waals surface area contributed by atoms with Crippen LogP contribution in [0.2, 0.25) is 0 Å². The van der Waals surface area contributed by atoms with Crippen molar-refractivity contribution >= 4 is 28.5 Å². The Morgan fingerprint density at radius 1 is 1.03 bits per heavy atom. The number of fused-ring (bicyclic) bond motifs is 1. The fourth-order valence-electron chi connectivity index (χ4n) is 4.09. The Bertz CT molecular complexity index is 1130. The molecule has 1 heterocycles. The summed E-state index contributed by atoms with van der Waals surface area (Å²) in [6.45, 7) is 0.624. The molecule has 2 atom stereocenters. The van der Waals surface area contributed by atoms with E-state index < -0.39 is 12.1 Å². The van der Waals surface area contributed by atoms with Gasteiger partial charge in [-0.1, -0.05) is 60.7 Å². The van der Waals surface area contributed by atoms with Crippen molar-refractivity contribution < 1.29 is 14.4 Å². The fourth-order valence-corrected chi connectivity index (χ4v) is 4.09. The molecule has 6 nitrogen and oxygen atoms in total. The van der Waals surface area contributed by atoms with Gasteiger partial charge in [0.1, 0.15) is 12.1 Å². The predicted octanol–water partition coefficient (Wildman–Crippen LogP) is 2.92. The normalized spacial score (nSPS) is 16.8. The first kappa shape index (κ1) is 21.6. The summed E-state index contributed by atoms with van der Waals surface area (Å²) in [4.78, 5) is 40.2. The zero-order chi connectivity index (χ0) is 22.5. The molecule has 0 aromatic heterocycles. The van der Waals surface area contributed by atoms with Crippen LogP contribution < -0.4 is 10.6 Å². The summed E-state index contributed by atoms with van der Waals surface area (Å²) in [5.41, 5.74) is 1.46. The zero-order valence-electron chi connectivity index (χ0n) is 18.1. The van der Waals surface area contributed by atoms with Crippen LogP contribution in [0.4, 0.5) is 0 Å². The standard InChI is InChI=1S/C26H27N3O3/c1-29(26(32)21-14-13-19-10-5-6-11-20(19)17-21)23(16-18-8-3-2-4-9-18)25(31)28-22-12-7-15-27-24(22)30/h2-6,8-11,13-14,17,22-23H,7,12,15-16H2,1H3,(H,27,30)(H,28,31)/t22-,23-/m0/s1. The average molecular weight is 430 g/mol. The highest BCUT2D eigenvalue weighted by atomic mass is 16.2. The molecular weight excluding hydrogens is 402 g/mol. The number of piperidine rings is 1. The molecule has 0 saturated carbocycles. The zero-order valence-corrected chi connectivity index (χ0v) is 18.1. The SMILES string of the molecule is CN(C(=O)c1ccc2ccccc2c1)[C@@H](Cc1ccccc1)C(=O)N[C@H]1CCCNC1=O. The van der Waals surface area contributed by atoms with Gasteiger partial charge in [0.05, 0.1) is 0 Å². The number of nitrogens with one attached hydrogen (secondary N) is 2. The maximum Gasteiger partial charge on any atom is 0.254 e. The number of carbonyl (C=O) groups excluding carboxylic acids is 3. The van der Waals surface area contributed by atoms with E-state index in [0.717, 1.165) is 22.8 Å². The maximum atomic E-state index is 13.3. The Balaban J connectivity index is 1.59. The minimum atomic E-state index is -0.744. The predicted molar refractivity (Wildman–Crippen MR) is 124 cm³/mol. The van der Waals surface area contributed by atoms with Crippen LogP contribution >= 0.6 is 0 Å². The van der Waals surface area contributed by atoms with Gasteiger partial charge in [0.2, 0.25) is 11.8 Å². The van der Waals surface area contributed by atoms with E-state index in [2.05, 4.69) is 10.6 Å². The van der Waals surface area contributed by atoms with Crippen molar-refractivity contribution in [3.63, 3.8) is 0 Å². The number of amides is 3. The number of likely N-dealkylation sites (N-methyl/N-ethyl adjacent to an activating group) is 1. The van der Waals surface area contributed by atoms with E-state index in [9.17, 15) is 14.4 Å². The smallest absolute Gasteiger partial charge is 0.254 e. The molecule has 0 unspecified atom stereocenters.